The van der Waals surface area contributed by atoms with Gasteiger partial charge in [-0.3, -0.25) is 14.4 Å². The van der Waals surface area contributed by atoms with Crippen LogP contribution in [0.1, 0.15) is 323 Å². The van der Waals surface area contributed by atoms with Crippen LogP contribution in [-0.4, -0.2) is 37.2 Å². The second-order valence-electron chi connectivity index (χ2n) is 19.6. The largest absolute Gasteiger partial charge is 0.462 e. The Labute approximate surface area is 399 Å². The predicted octanol–water partition coefficient (Wildman–Crippen LogP) is 18.9. The van der Waals surface area contributed by atoms with Gasteiger partial charge in [-0.05, 0) is 44.9 Å². The molecule has 0 rings (SSSR count). The molecule has 0 aliphatic heterocycles. The molecule has 0 N–H and O–H groups in total. The molecular formula is C58H110O6. The molecule has 1 atom stereocenters. The second-order valence-corrected chi connectivity index (χ2v) is 19.6. The Balaban J connectivity index is 4.29. The summed E-state index contributed by atoms with van der Waals surface area (Å²) in [5, 5.41) is 0. The number of esters is 3. The third-order valence-corrected chi connectivity index (χ3v) is 13.0. The number of carbonyl (C=O) groups is 3. The lowest BCUT2D eigenvalue weighted by molar-refractivity contribution is -0.167. The van der Waals surface area contributed by atoms with Crippen molar-refractivity contribution in [1.82, 2.24) is 0 Å². The zero-order chi connectivity index (χ0) is 46.5. The van der Waals surface area contributed by atoms with Gasteiger partial charge < -0.3 is 14.2 Å². The zero-order valence-corrected chi connectivity index (χ0v) is 43.3. The van der Waals surface area contributed by atoms with Crippen molar-refractivity contribution in [2.75, 3.05) is 13.2 Å². The molecule has 64 heavy (non-hydrogen) atoms. The molecule has 0 heterocycles. The van der Waals surface area contributed by atoms with Gasteiger partial charge in [-0.1, -0.05) is 270 Å². The van der Waals surface area contributed by atoms with Crippen molar-refractivity contribution in [3.8, 4) is 0 Å². The summed E-state index contributed by atoms with van der Waals surface area (Å²) >= 11 is 0. The Hall–Kier alpha value is -1.85. The van der Waals surface area contributed by atoms with Crippen molar-refractivity contribution in [3.63, 3.8) is 0 Å². The van der Waals surface area contributed by atoms with Crippen LogP contribution in [-0.2, 0) is 28.6 Å². The van der Waals surface area contributed by atoms with E-state index in [0.717, 1.165) is 57.8 Å². The Bertz CT molecular complexity index is 993. The number of rotatable bonds is 53. The van der Waals surface area contributed by atoms with Crippen LogP contribution < -0.4 is 0 Å². The number of carbonyl (C=O) groups excluding carboxylic acids is 3. The standard InChI is InChI=1S/C58H110O6/c1-4-7-10-13-16-19-22-25-27-28-29-30-31-34-36-39-42-45-48-51-57(60)63-54-55(53-62-56(59)50-47-44-41-38-35-32-24-21-18-15-12-9-6-3)64-58(61)52-49-46-43-40-37-33-26-23-20-17-14-11-8-5-2/h28-29,55H,4-27,30-54H2,1-3H3/b29-28-/t55-/m1/s1. The van der Waals surface area contributed by atoms with E-state index in [1.165, 1.54) is 225 Å². The summed E-state index contributed by atoms with van der Waals surface area (Å²) < 4.78 is 16.9. The number of ether oxygens (including phenoxy) is 3. The molecule has 378 valence electrons. The third kappa shape index (κ3) is 51.1. The van der Waals surface area contributed by atoms with Crippen molar-refractivity contribution in [1.29, 1.82) is 0 Å². The average Bonchev–Trinajstić information content (AvgIpc) is 3.29. The smallest absolute Gasteiger partial charge is 0.306 e. The van der Waals surface area contributed by atoms with Crippen molar-refractivity contribution in [3.05, 3.63) is 12.2 Å². The van der Waals surface area contributed by atoms with Crippen LogP contribution in [0, 0.1) is 0 Å². The predicted molar refractivity (Wildman–Crippen MR) is 275 cm³/mol. The maximum absolute atomic E-state index is 12.8. The number of hydrogen-bond acceptors (Lipinski definition) is 6. The first-order valence-electron chi connectivity index (χ1n) is 28.7. The van der Waals surface area contributed by atoms with Crippen LogP contribution in [0.5, 0.6) is 0 Å². The zero-order valence-electron chi connectivity index (χ0n) is 43.3. The Morgan fingerprint density at radius 3 is 0.781 bits per heavy atom. The third-order valence-electron chi connectivity index (χ3n) is 13.0. The molecule has 0 aliphatic carbocycles. The maximum atomic E-state index is 12.8. The van der Waals surface area contributed by atoms with Gasteiger partial charge in [-0.2, -0.15) is 0 Å². The fraction of sp³-hybridized carbons (Fsp3) is 0.914. The molecule has 0 spiro atoms. The van der Waals surface area contributed by atoms with E-state index in [9.17, 15) is 14.4 Å². The van der Waals surface area contributed by atoms with Gasteiger partial charge in [0, 0.05) is 19.3 Å². The van der Waals surface area contributed by atoms with Gasteiger partial charge in [0.05, 0.1) is 0 Å². The second kappa shape index (κ2) is 53.8. The maximum Gasteiger partial charge on any atom is 0.306 e. The molecule has 6 nitrogen and oxygen atoms in total. The van der Waals surface area contributed by atoms with Crippen LogP contribution in [0.2, 0.25) is 0 Å². The van der Waals surface area contributed by atoms with Crippen molar-refractivity contribution in [2.45, 2.75) is 329 Å². The molecular weight excluding hydrogens is 793 g/mol. The molecule has 0 aromatic heterocycles. The van der Waals surface area contributed by atoms with E-state index in [2.05, 4.69) is 32.9 Å². The van der Waals surface area contributed by atoms with Gasteiger partial charge in [0.15, 0.2) is 6.10 Å². The highest BCUT2D eigenvalue weighted by molar-refractivity contribution is 5.71. The summed E-state index contributed by atoms with van der Waals surface area (Å²) in [5.41, 5.74) is 0. The molecule has 0 aliphatic rings. The quantitative estimate of drug-likeness (QED) is 0.0262. The van der Waals surface area contributed by atoms with Gasteiger partial charge in [0.25, 0.3) is 0 Å². The lowest BCUT2D eigenvalue weighted by Crippen LogP contribution is -2.30. The first kappa shape index (κ1) is 62.1. The molecule has 0 amide bonds. The van der Waals surface area contributed by atoms with Crippen molar-refractivity contribution in [2.24, 2.45) is 0 Å². The van der Waals surface area contributed by atoms with E-state index in [-0.39, 0.29) is 31.1 Å². The van der Waals surface area contributed by atoms with Gasteiger partial charge in [-0.25, -0.2) is 0 Å². The Kier molecular flexibility index (Phi) is 52.2. The summed E-state index contributed by atoms with van der Waals surface area (Å²) in [6.45, 7) is 6.69. The van der Waals surface area contributed by atoms with Crippen LogP contribution in [0.15, 0.2) is 12.2 Å². The number of hydrogen-bond donors (Lipinski definition) is 0. The highest BCUT2D eigenvalue weighted by atomic mass is 16.6. The Morgan fingerprint density at radius 1 is 0.297 bits per heavy atom. The molecule has 0 aromatic rings. The van der Waals surface area contributed by atoms with E-state index in [4.69, 9.17) is 14.2 Å². The number of allylic oxidation sites excluding steroid dienone is 2. The van der Waals surface area contributed by atoms with E-state index < -0.39 is 6.10 Å². The topological polar surface area (TPSA) is 78.9 Å². The monoisotopic (exact) mass is 903 g/mol. The molecule has 0 saturated carbocycles. The molecule has 0 bridgehead atoms. The first-order valence-corrected chi connectivity index (χ1v) is 28.7. The van der Waals surface area contributed by atoms with Crippen molar-refractivity contribution >= 4 is 17.9 Å². The minimum absolute atomic E-state index is 0.0654. The summed E-state index contributed by atoms with van der Waals surface area (Å²) in [6, 6.07) is 0. The number of unbranched alkanes of at least 4 members (excludes halogenated alkanes) is 40. The van der Waals surface area contributed by atoms with Gasteiger partial charge >= 0.3 is 17.9 Å². The molecule has 0 unspecified atom stereocenters. The Morgan fingerprint density at radius 2 is 0.516 bits per heavy atom. The highest BCUT2D eigenvalue weighted by Gasteiger charge is 2.19. The van der Waals surface area contributed by atoms with E-state index >= 15 is 0 Å². The van der Waals surface area contributed by atoms with Gasteiger partial charge in [-0.15, -0.1) is 0 Å². The van der Waals surface area contributed by atoms with Crippen LogP contribution >= 0.6 is 0 Å². The molecule has 0 aromatic carbocycles. The summed E-state index contributed by atoms with van der Waals surface area (Å²) in [4.78, 5) is 38.1. The summed E-state index contributed by atoms with van der Waals surface area (Å²) in [7, 11) is 0. The van der Waals surface area contributed by atoms with Crippen LogP contribution in [0.25, 0.3) is 0 Å². The summed E-state index contributed by atoms with van der Waals surface area (Å²) in [5.74, 6) is -0.847. The van der Waals surface area contributed by atoms with Crippen LogP contribution in [0.3, 0.4) is 0 Å². The SMILES string of the molecule is CCCCCCCCCC/C=C\CCCCCCCCCC(=O)OC[C@@H](COC(=O)CCCCCCCCCCCCCCC)OC(=O)CCCCCCCCCCCCCCCC. The lowest BCUT2D eigenvalue weighted by Gasteiger charge is -2.18. The van der Waals surface area contributed by atoms with E-state index in [1.54, 1.807) is 0 Å². The van der Waals surface area contributed by atoms with Crippen LogP contribution in [0.4, 0.5) is 0 Å². The molecule has 0 saturated heterocycles. The van der Waals surface area contributed by atoms with E-state index in [1.807, 2.05) is 0 Å². The average molecular weight is 904 g/mol. The fourth-order valence-corrected chi connectivity index (χ4v) is 8.68. The minimum atomic E-state index is -0.765. The molecule has 6 heteroatoms. The highest BCUT2D eigenvalue weighted by Crippen LogP contribution is 2.17. The molecule has 0 radical (unpaired) electrons. The fourth-order valence-electron chi connectivity index (χ4n) is 8.68. The first-order chi connectivity index (χ1) is 31.5. The normalized spacial score (nSPS) is 12.0. The van der Waals surface area contributed by atoms with E-state index in [0.29, 0.717) is 19.3 Å². The summed E-state index contributed by atoms with van der Waals surface area (Å²) in [6.07, 6.45) is 60.5. The van der Waals surface area contributed by atoms with Gasteiger partial charge in [0.1, 0.15) is 13.2 Å². The van der Waals surface area contributed by atoms with Gasteiger partial charge in [0.2, 0.25) is 0 Å². The minimum Gasteiger partial charge on any atom is -0.462 e. The molecule has 0 fully saturated rings. The lowest BCUT2D eigenvalue weighted by atomic mass is 10.0. The van der Waals surface area contributed by atoms with Crippen molar-refractivity contribution < 1.29 is 28.6 Å².